The number of carbonyl (C=O) groups is 1. The van der Waals surface area contributed by atoms with Gasteiger partial charge in [-0.05, 0) is 98.7 Å². The van der Waals surface area contributed by atoms with E-state index in [-0.39, 0.29) is 18.0 Å². The summed E-state index contributed by atoms with van der Waals surface area (Å²) in [7, 11) is 1.67. The molecular formula is C31H33N5O2S. The fraction of sp³-hybridized carbons (Fsp3) is 0.258. The monoisotopic (exact) mass is 539 g/mol. The number of rotatable bonds is 8. The summed E-state index contributed by atoms with van der Waals surface area (Å²) in [5, 5.41) is 7.14. The first kappa shape index (κ1) is 26.4. The topological polar surface area (TPSA) is 71.4 Å². The molecule has 1 amide bonds. The minimum absolute atomic E-state index is 0.0489. The average molecular weight is 540 g/mol. The van der Waals surface area contributed by atoms with Gasteiger partial charge in [-0.25, -0.2) is 0 Å². The van der Waals surface area contributed by atoms with Crippen molar-refractivity contribution in [2.24, 2.45) is 0 Å². The van der Waals surface area contributed by atoms with E-state index < -0.39 is 0 Å². The molecule has 1 saturated heterocycles. The van der Waals surface area contributed by atoms with E-state index in [0.717, 1.165) is 45.3 Å². The number of hydrogen-bond donors (Lipinski definition) is 2. The Kier molecular flexibility index (Phi) is 7.65. The number of aryl methyl sites for hydroxylation is 2. The predicted octanol–water partition coefficient (Wildman–Crippen LogP) is 5.81. The van der Waals surface area contributed by atoms with E-state index in [9.17, 15) is 4.79 Å². The van der Waals surface area contributed by atoms with Crippen LogP contribution in [0.5, 0.6) is 5.75 Å². The number of nitrogens with one attached hydrogen (secondary N) is 2. The first-order valence-electron chi connectivity index (χ1n) is 13.0. The van der Waals surface area contributed by atoms with Gasteiger partial charge in [0.05, 0.1) is 24.9 Å². The maximum Gasteiger partial charge on any atom is 0.226 e. The number of hydrogen-bond acceptors (Lipinski definition) is 4. The van der Waals surface area contributed by atoms with Crippen molar-refractivity contribution in [2.45, 2.75) is 39.3 Å². The fourth-order valence-corrected chi connectivity index (χ4v) is 5.70. The third-order valence-corrected chi connectivity index (χ3v) is 7.55. The quantitative estimate of drug-likeness (QED) is 0.276. The summed E-state index contributed by atoms with van der Waals surface area (Å²) in [6.07, 6.45) is 2.11. The van der Waals surface area contributed by atoms with Crippen LogP contribution in [-0.4, -0.2) is 39.1 Å². The standard InChI is InChI=1S/C31H33N5O2S/c1-20-8-7-9-23(18-20)33-28(37)15-17-35-30(29(34-31(35)39)27-10-5-6-16-32-27)26-19-21(2)36(22(26)3)24-11-13-25(38-4)14-12-24/h5-14,16,18-19,29-30H,15,17H2,1-4H3,(H,33,37)(H,34,39)/t29-,30+/m0/s1. The lowest BCUT2D eigenvalue weighted by molar-refractivity contribution is -0.116. The van der Waals surface area contributed by atoms with Crippen molar-refractivity contribution >= 4 is 28.9 Å². The Hall–Kier alpha value is -4.17. The highest BCUT2D eigenvalue weighted by Gasteiger charge is 2.41. The second kappa shape index (κ2) is 11.3. The highest BCUT2D eigenvalue weighted by atomic mass is 32.1. The molecule has 0 bridgehead atoms. The molecule has 200 valence electrons. The first-order chi connectivity index (χ1) is 18.9. The molecule has 0 saturated carbocycles. The van der Waals surface area contributed by atoms with Crippen molar-refractivity contribution in [3.63, 3.8) is 0 Å². The van der Waals surface area contributed by atoms with Gasteiger partial charge in [-0.1, -0.05) is 18.2 Å². The van der Waals surface area contributed by atoms with E-state index in [4.69, 9.17) is 17.0 Å². The molecular weight excluding hydrogens is 506 g/mol. The normalized spacial score (nSPS) is 16.7. The zero-order valence-electron chi connectivity index (χ0n) is 22.6. The van der Waals surface area contributed by atoms with E-state index in [2.05, 4.69) is 57.1 Å². The molecule has 3 heterocycles. The number of benzene rings is 2. The Morgan fingerprint density at radius 3 is 2.54 bits per heavy atom. The first-order valence-corrected chi connectivity index (χ1v) is 13.4. The Morgan fingerprint density at radius 2 is 1.85 bits per heavy atom. The lowest BCUT2D eigenvalue weighted by atomic mass is 9.96. The molecule has 0 unspecified atom stereocenters. The zero-order valence-corrected chi connectivity index (χ0v) is 23.5. The van der Waals surface area contributed by atoms with Gasteiger partial charge in [0.1, 0.15) is 5.75 Å². The zero-order chi connectivity index (χ0) is 27.5. The maximum absolute atomic E-state index is 12.9. The number of methoxy groups -OCH3 is 1. The number of nitrogens with zero attached hydrogens (tertiary/aromatic N) is 3. The summed E-state index contributed by atoms with van der Waals surface area (Å²) in [4.78, 5) is 19.7. The summed E-state index contributed by atoms with van der Waals surface area (Å²) in [5.74, 6) is 0.768. The third-order valence-electron chi connectivity index (χ3n) is 7.20. The van der Waals surface area contributed by atoms with Crippen molar-refractivity contribution in [2.75, 3.05) is 19.0 Å². The van der Waals surface area contributed by atoms with Gasteiger partial charge in [0.15, 0.2) is 5.11 Å². The second-order valence-corrected chi connectivity index (χ2v) is 10.2. The minimum Gasteiger partial charge on any atom is -0.497 e. The van der Waals surface area contributed by atoms with Gasteiger partial charge in [0, 0.05) is 41.9 Å². The largest absolute Gasteiger partial charge is 0.497 e. The molecule has 4 aromatic rings. The molecule has 0 aliphatic carbocycles. The van der Waals surface area contributed by atoms with Crippen LogP contribution in [0.25, 0.3) is 5.69 Å². The highest BCUT2D eigenvalue weighted by molar-refractivity contribution is 7.80. The predicted molar refractivity (Wildman–Crippen MR) is 158 cm³/mol. The maximum atomic E-state index is 12.9. The number of anilines is 1. The molecule has 2 aromatic heterocycles. The number of carbonyl (C=O) groups excluding carboxylic acids is 1. The SMILES string of the molecule is COc1ccc(-n2c(C)cc([C@@H]3[C@H](c4ccccn4)NC(=S)N3CCC(=O)Nc3cccc(C)c3)c2C)cc1. The van der Waals surface area contributed by atoms with Gasteiger partial charge >= 0.3 is 0 Å². The number of pyridine rings is 1. The molecule has 7 nitrogen and oxygen atoms in total. The van der Waals surface area contributed by atoms with Crippen LogP contribution >= 0.6 is 12.2 Å². The fourth-order valence-electron chi connectivity index (χ4n) is 5.37. The number of ether oxygens (including phenoxy) is 1. The number of aromatic nitrogens is 2. The molecule has 0 spiro atoms. The van der Waals surface area contributed by atoms with Crippen molar-refractivity contribution in [3.05, 3.63) is 107 Å². The van der Waals surface area contributed by atoms with Crippen molar-refractivity contribution in [1.82, 2.24) is 19.8 Å². The van der Waals surface area contributed by atoms with Crippen LogP contribution in [0.4, 0.5) is 5.69 Å². The van der Waals surface area contributed by atoms with Gasteiger partial charge in [-0.15, -0.1) is 0 Å². The van der Waals surface area contributed by atoms with Crippen molar-refractivity contribution < 1.29 is 9.53 Å². The van der Waals surface area contributed by atoms with Gasteiger partial charge < -0.3 is 24.8 Å². The van der Waals surface area contributed by atoms with E-state index in [0.29, 0.717) is 18.1 Å². The lowest BCUT2D eigenvalue weighted by Gasteiger charge is -2.28. The van der Waals surface area contributed by atoms with Crippen LogP contribution < -0.4 is 15.4 Å². The average Bonchev–Trinajstić information content (AvgIpc) is 3.42. The van der Waals surface area contributed by atoms with Crippen LogP contribution in [0.15, 0.2) is 79.0 Å². The summed E-state index contributed by atoms with van der Waals surface area (Å²) in [6, 6.07) is 23.7. The molecule has 5 rings (SSSR count). The molecule has 1 aliphatic heterocycles. The molecule has 8 heteroatoms. The molecule has 39 heavy (non-hydrogen) atoms. The smallest absolute Gasteiger partial charge is 0.226 e. The molecule has 2 atom stereocenters. The van der Waals surface area contributed by atoms with E-state index in [1.807, 2.05) is 61.5 Å². The molecule has 2 N–H and O–H groups in total. The summed E-state index contributed by atoms with van der Waals surface area (Å²) in [6.45, 7) is 6.72. The highest BCUT2D eigenvalue weighted by Crippen LogP contribution is 2.41. The Bertz CT molecular complexity index is 1480. The van der Waals surface area contributed by atoms with Gasteiger partial charge in [-0.2, -0.15) is 0 Å². The second-order valence-electron chi connectivity index (χ2n) is 9.85. The van der Waals surface area contributed by atoms with Crippen LogP contribution in [-0.2, 0) is 4.79 Å². The van der Waals surface area contributed by atoms with Crippen LogP contribution in [0, 0.1) is 20.8 Å². The Balaban J connectivity index is 1.46. The summed E-state index contributed by atoms with van der Waals surface area (Å²) in [5.41, 5.74) is 7.24. The molecule has 1 aliphatic rings. The summed E-state index contributed by atoms with van der Waals surface area (Å²) >= 11 is 5.83. The van der Waals surface area contributed by atoms with Gasteiger partial charge in [0.2, 0.25) is 5.91 Å². The van der Waals surface area contributed by atoms with E-state index >= 15 is 0 Å². The Morgan fingerprint density at radius 1 is 1.05 bits per heavy atom. The third kappa shape index (κ3) is 5.52. The number of thiocarbonyl (C=S) groups is 1. The molecule has 0 radical (unpaired) electrons. The van der Waals surface area contributed by atoms with Crippen LogP contribution in [0.2, 0.25) is 0 Å². The minimum atomic E-state index is -0.150. The number of amides is 1. The van der Waals surface area contributed by atoms with E-state index in [1.165, 1.54) is 0 Å². The Labute approximate surface area is 234 Å². The van der Waals surface area contributed by atoms with Gasteiger partial charge in [0.25, 0.3) is 0 Å². The molecule has 2 aromatic carbocycles. The van der Waals surface area contributed by atoms with Crippen LogP contribution in [0.3, 0.4) is 0 Å². The van der Waals surface area contributed by atoms with Crippen molar-refractivity contribution in [3.8, 4) is 11.4 Å². The van der Waals surface area contributed by atoms with Gasteiger partial charge in [-0.3, -0.25) is 9.78 Å². The van der Waals surface area contributed by atoms with E-state index in [1.54, 1.807) is 13.3 Å². The van der Waals surface area contributed by atoms with Crippen molar-refractivity contribution in [1.29, 1.82) is 0 Å². The summed E-state index contributed by atoms with van der Waals surface area (Å²) < 4.78 is 7.60. The van der Waals surface area contributed by atoms with Crippen LogP contribution in [0.1, 0.15) is 46.7 Å². The molecule has 1 fully saturated rings. The lowest BCUT2D eigenvalue weighted by Crippen LogP contribution is -2.32.